The second-order valence-electron chi connectivity index (χ2n) is 6.83. The van der Waals surface area contributed by atoms with Crippen molar-refractivity contribution in [3.05, 3.63) is 66.1 Å². The summed E-state index contributed by atoms with van der Waals surface area (Å²) in [5.74, 6) is 1.25. The maximum absolute atomic E-state index is 12.2. The van der Waals surface area contributed by atoms with Crippen LogP contribution in [0.5, 0.6) is 0 Å². The topological polar surface area (TPSA) is 58.4 Å². The zero-order valence-corrected chi connectivity index (χ0v) is 14.7. The largest absolute Gasteiger partial charge is 0.440 e. The number of carbonyl (C=O) groups is 1. The summed E-state index contributed by atoms with van der Waals surface area (Å²) in [5, 5.41) is 3.00. The first kappa shape index (κ1) is 16.8. The van der Waals surface area contributed by atoms with E-state index in [4.69, 9.17) is 4.42 Å². The Hall–Kier alpha value is -2.66. The molecule has 0 bridgehead atoms. The summed E-state index contributed by atoms with van der Waals surface area (Å²) >= 11 is 0. The number of amides is 1. The van der Waals surface area contributed by atoms with Gasteiger partial charge in [0.25, 0.3) is 0 Å². The molecule has 0 saturated carbocycles. The zero-order chi connectivity index (χ0) is 17.8. The maximum Gasteiger partial charge on any atom is 0.234 e. The lowest BCUT2D eigenvalue weighted by Gasteiger charge is -2.29. The quantitative estimate of drug-likeness (QED) is 0.768. The van der Waals surface area contributed by atoms with Crippen molar-refractivity contribution in [3.8, 4) is 0 Å². The van der Waals surface area contributed by atoms with Crippen molar-refractivity contribution in [1.82, 2.24) is 15.2 Å². The second-order valence-corrected chi connectivity index (χ2v) is 6.83. The number of nitrogens with one attached hydrogen (secondary N) is 1. The number of hydrogen-bond donors (Lipinski definition) is 1. The summed E-state index contributed by atoms with van der Waals surface area (Å²) in [7, 11) is 0. The smallest absolute Gasteiger partial charge is 0.234 e. The first-order valence-corrected chi connectivity index (χ1v) is 9.16. The SMILES string of the molecule is O=C(CN1CCC(c2nc3ccccc3o2)CC1)NCc1ccccc1. The van der Waals surface area contributed by atoms with Crippen LogP contribution in [-0.2, 0) is 11.3 Å². The van der Waals surface area contributed by atoms with Gasteiger partial charge in [-0.2, -0.15) is 0 Å². The molecule has 5 heteroatoms. The molecule has 2 aromatic carbocycles. The van der Waals surface area contributed by atoms with Crippen LogP contribution in [0.3, 0.4) is 0 Å². The Bertz CT molecular complexity index is 834. The summed E-state index contributed by atoms with van der Waals surface area (Å²) in [4.78, 5) is 19.0. The molecule has 0 unspecified atom stereocenters. The molecular formula is C21H23N3O2. The summed E-state index contributed by atoms with van der Waals surface area (Å²) in [6.07, 6.45) is 1.94. The Labute approximate surface area is 153 Å². The van der Waals surface area contributed by atoms with Gasteiger partial charge in [-0.05, 0) is 43.6 Å². The van der Waals surface area contributed by atoms with Gasteiger partial charge in [-0.1, -0.05) is 42.5 Å². The molecule has 1 aliphatic rings. The third-order valence-corrected chi connectivity index (χ3v) is 4.95. The number of piperidine rings is 1. The number of aromatic nitrogens is 1. The molecular weight excluding hydrogens is 326 g/mol. The number of nitrogens with zero attached hydrogens (tertiary/aromatic N) is 2. The number of carbonyl (C=O) groups excluding carboxylic acids is 1. The van der Waals surface area contributed by atoms with Crippen molar-refractivity contribution in [2.75, 3.05) is 19.6 Å². The summed E-state index contributed by atoms with van der Waals surface area (Å²) in [6, 6.07) is 17.9. The van der Waals surface area contributed by atoms with Gasteiger partial charge in [0.05, 0.1) is 6.54 Å². The van der Waals surface area contributed by atoms with Crippen LogP contribution in [0.25, 0.3) is 11.1 Å². The van der Waals surface area contributed by atoms with E-state index in [1.165, 1.54) is 0 Å². The molecule has 1 fully saturated rings. The maximum atomic E-state index is 12.2. The van der Waals surface area contributed by atoms with E-state index in [0.717, 1.165) is 48.5 Å². The monoisotopic (exact) mass is 349 g/mol. The fourth-order valence-electron chi connectivity index (χ4n) is 3.46. The minimum Gasteiger partial charge on any atom is -0.440 e. The number of benzene rings is 2. The molecule has 1 N–H and O–H groups in total. The van der Waals surface area contributed by atoms with Gasteiger partial charge in [0.1, 0.15) is 5.52 Å². The van der Waals surface area contributed by atoms with E-state index in [1.54, 1.807) is 0 Å². The van der Waals surface area contributed by atoms with Gasteiger partial charge >= 0.3 is 0 Å². The third kappa shape index (κ3) is 3.94. The lowest BCUT2D eigenvalue weighted by atomic mass is 9.97. The highest BCUT2D eigenvalue weighted by molar-refractivity contribution is 5.78. The van der Waals surface area contributed by atoms with Gasteiger partial charge in [0.15, 0.2) is 11.5 Å². The van der Waals surface area contributed by atoms with Crippen LogP contribution in [0.15, 0.2) is 59.0 Å². The second kappa shape index (κ2) is 7.70. The molecule has 1 amide bonds. The first-order chi connectivity index (χ1) is 12.8. The number of oxazole rings is 1. The molecule has 3 aromatic rings. The minimum absolute atomic E-state index is 0.0779. The van der Waals surface area contributed by atoms with E-state index < -0.39 is 0 Å². The molecule has 2 heterocycles. The van der Waals surface area contributed by atoms with Crippen LogP contribution in [0.2, 0.25) is 0 Å². The van der Waals surface area contributed by atoms with E-state index in [0.29, 0.717) is 19.0 Å². The van der Waals surface area contributed by atoms with Crippen molar-refractivity contribution in [2.24, 2.45) is 0 Å². The first-order valence-electron chi connectivity index (χ1n) is 9.16. The number of fused-ring (bicyclic) bond motifs is 1. The number of rotatable bonds is 5. The Morgan fingerprint density at radius 1 is 1.08 bits per heavy atom. The lowest BCUT2D eigenvalue weighted by Crippen LogP contribution is -2.41. The van der Waals surface area contributed by atoms with Crippen molar-refractivity contribution in [2.45, 2.75) is 25.3 Å². The Morgan fingerprint density at radius 2 is 1.81 bits per heavy atom. The van der Waals surface area contributed by atoms with Crippen molar-refractivity contribution < 1.29 is 9.21 Å². The van der Waals surface area contributed by atoms with Crippen LogP contribution < -0.4 is 5.32 Å². The standard InChI is InChI=1S/C21H23N3O2/c25-20(22-14-16-6-2-1-3-7-16)15-24-12-10-17(11-13-24)21-23-18-8-4-5-9-19(18)26-21/h1-9,17H,10-15H2,(H,22,25). The van der Waals surface area contributed by atoms with E-state index >= 15 is 0 Å². The summed E-state index contributed by atoms with van der Waals surface area (Å²) < 4.78 is 5.90. The predicted octanol–water partition coefficient (Wildman–Crippen LogP) is 3.32. The normalized spacial score (nSPS) is 16.0. The van der Waals surface area contributed by atoms with Crippen LogP contribution >= 0.6 is 0 Å². The van der Waals surface area contributed by atoms with Crippen LogP contribution in [0.4, 0.5) is 0 Å². The average molecular weight is 349 g/mol. The molecule has 1 aliphatic heterocycles. The minimum atomic E-state index is 0.0779. The molecule has 1 saturated heterocycles. The van der Waals surface area contributed by atoms with Gasteiger partial charge in [0.2, 0.25) is 5.91 Å². The number of likely N-dealkylation sites (tertiary alicyclic amines) is 1. The summed E-state index contributed by atoms with van der Waals surface area (Å²) in [6.45, 7) is 2.82. The van der Waals surface area contributed by atoms with Crippen LogP contribution in [-0.4, -0.2) is 35.4 Å². The van der Waals surface area contributed by atoms with E-state index in [-0.39, 0.29) is 5.91 Å². The van der Waals surface area contributed by atoms with Gasteiger partial charge in [-0.25, -0.2) is 4.98 Å². The number of para-hydroxylation sites is 2. The molecule has 26 heavy (non-hydrogen) atoms. The fraction of sp³-hybridized carbons (Fsp3) is 0.333. The molecule has 1 aromatic heterocycles. The zero-order valence-electron chi connectivity index (χ0n) is 14.7. The predicted molar refractivity (Wildman–Crippen MR) is 101 cm³/mol. The Kier molecular flexibility index (Phi) is 4.97. The molecule has 0 radical (unpaired) electrons. The van der Waals surface area contributed by atoms with E-state index in [9.17, 15) is 4.79 Å². The fourth-order valence-corrected chi connectivity index (χ4v) is 3.46. The third-order valence-electron chi connectivity index (χ3n) is 4.95. The molecule has 4 rings (SSSR count). The van der Waals surface area contributed by atoms with E-state index in [2.05, 4.69) is 15.2 Å². The molecule has 0 atom stereocenters. The molecule has 134 valence electrons. The van der Waals surface area contributed by atoms with Crippen LogP contribution in [0.1, 0.15) is 30.2 Å². The van der Waals surface area contributed by atoms with Gasteiger partial charge < -0.3 is 9.73 Å². The Balaban J connectivity index is 1.26. The highest BCUT2D eigenvalue weighted by Crippen LogP contribution is 2.29. The van der Waals surface area contributed by atoms with Crippen molar-refractivity contribution in [1.29, 1.82) is 0 Å². The highest BCUT2D eigenvalue weighted by atomic mass is 16.3. The van der Waals surface area contributed by atoms with Gasteiger partial charge in [0, 0.05) is 12.5 Å². The lowest BCUT2D eigenvalue weighted by molar-refractivity contribution is -0.122. The number of hydrogen-bond acceptors (Lipinski definition) is 4. The van der Waals surface area contributed by atoms with Crippen molar-refractivity contribution >= 4 is 17.0 Å². The van der Waals surface area contributed by atoms with Crippen molar-refractivity contribution in [3.63, 3.8) is 0 Å². The van der Waals surface area contributed by atoms with Gasteiger partial charge in [-0.15, -0.1) is 0 Å². The van der Waals surface area contributed by atoms with E-state index in [1.807, 2.05) is 54.6 Å². The molecule has 5 nitrogen and oxygen atoms in total. The average Bonchev–Trinajstić information content (AvgIpc) is 3.12. The summed E-state index contributed by atoms with van der Waals surface area (Å²) in [5.41, 5.74) is 2.89. The molecule has 0 aliphatic carbocycles. The van der Waals surface area contributed by atoms with Crippen LogP contribution in [0, 0.1) is 0 Å². The Morgan fingerprint density at radius 3 is 2.58 bits per heavy atom. The highest BCUT2D eigenvalue weighted by Gasteiger charge is 2.25. The van der Waals surface area contributed by atoms with Gasteiger partial charge in [-0.3, -0.25) is 9.69 Å². The molecule has 0 spiro atoms.